The van der Waals surface area contributed by atoms with Crippen molar-refractivity contribution in [3.63, 3.8) is 0 Å². The van der Waals surface area contributed by atoms with Crippen LogP contribution in [-0.4, -0.2) is 68.5 Å². The minimum Gasteiger partial charge on any atom is -0.406 e. The van der Waals surface area contributed by atoms with Crippen molar-refractivity contribution >= 4 is 33.2 Å². The van der Waals surface area contributed by atoms with E-state index in [0.29, 0.717) is 4.88 Å². The molecule has 2 amide bonds. The van der Waals surface area contributed by atoms with Crippen LogP contribution in [0.4, 0.5) is 13.2 Å². The highest BCUT2D eigenvalue weighted by atomic mass is 32.2. The van der Waals surface area contributed by atoms with Gasteiger partial charge in [0.2, 0.25) is 15.9 Å². The number of hydrogen-bond acceptors (Lipinski definition) is 6. The zero-order chi connectivity index (χ0) is 23.5. The van der Waals surface area contributed by atoms with Crippen LogP contribution in [0, 0.1) is 6.92 Å². The summed E-state index contributed by atoms with van der Waals surface area (Å²) < 4.78 is 67.1. The maximum Gasteiger partial charge on any atom is 0.573 e. The summed E-state index contributed by atoms with van der Waals surface area (Å²) in [6.07, 6.45) is -4.87. The lowest BCUT2D eigenvalue weighted by molar-refractivity contribution is -0.274. The smallest absolute Gasteiger partial charge is 0.406 e. The van der Waals surface area contributed by atoms with Crippen molar-refractivity contribution in [2.24, 2.45) is 0 Å². The minimum absolute atomic E-state index is 0.0208. The van der Waals surface area contributed by atoms with Crippen molar-refractivity contribution in [3.8, 4) is 5.75 Å². The molecule has 174 valence electrons. The van der Waals surface area contributed by atoms with E-state index in [0.717, 1.165) is 33.4 Å². The summed E-state index contributed by atoms with van der Waals surface area (Å²) >= 11 is 1.31. The molecular weight excluding hydrogens is 471 g/mol. The monoisotopic (exact) mass is 491 g/mol. The Bertz CT molecular complexity index is 1080. The van der Waals surface area contributed by atoms with Gasteiger partial charge in [0.25, 0.3) is 5.91 Å². The quantitative estimate of drug-likeness (QED) is 0.669. The molecule has 2 aromatic rings. The molecule has 3 rings (SSSR count). The van der Waals surface area contributed by atoms with Gasteiger partial charge in [-0.2, -0.15) is 4.31 Å². The van der Waals surface area contributed by atoms with E-state index in [2.05, 4.69) is 10.1 Å². The first-order chi connectivity index (χ1) is 15.0. The van der Waals surface area contributed by atoms with Gasteiger partial charge in [0.05, 0.1) is 16.3 Å². The molecule has 0 spiro atoms. The molecule has 0 bridgehead atoms. The third kappa shape index (κ3) is 5.99. The van der Waals surface area contributed by atoms with Gasteiger partial charge in [-0.25, -0.2) is 8.42 Å². The van der Waals surface area contributed by atoms with Crippen LogP contribution in [0.25, 0.3) is 0 Å². The van der Waals surface area contributed by atoms with E-state index < -0.39 is 22.1 Å². The second kappa shape index (κ2) is 9.46. The van der Waals surface area contributed by atoms with Gasteiger partial charge in [0.15, 0.2) is 0 Å². The highest BCUT2D eigenvalue weighted by molar-refractivity contribution is 7.89. The number of alkyl halides is 3. The maximum absolute atomic E-state index is 12.7. The third-order valence-corrected chi connectivity index (χ3v) is 7.56. The molecule has 0 radical (unpaired) electrons. The Morgan fingerprint density at radius 1 is 1.06 bits per heavy atom. The predicted molar refractivity (Wildman–Crippen MR) is 110 cm³/mol. The number of hydrogen-bond donors (Lipinski definition) is 1. The van der Waals surface area contributed by atoms with Crippen LogP contribution in [0.5, 0.6) is 5.75 Å². The number of aryl methyl sites for hydroxylation is 1. The van der Waals surface area contributed by atoms with Crippen molar-refractivity contribution in [1.29, 1.82) is 0 Å². The van der Waals surface area contributed by atoms with Crippen LogP contribution in [-0.2, 0) is 14.8 Å². The van der Waals surface area contributed by atoms with Gasteiger partial charge >= 0.3 is 6.36 Å². The molecule has 1 saturated heterocycles. The normalized spacial score (nSPS) is 15.4. The summed E-state index contributed by atoms with van der Waals surface area (Å²) in [7, 11) is -3.94. The average Bonchev–Trinajstić information content (AvgIpc) is 3.17. The first-order valence-corrected chi connectivity index (χ1v) is 11.7. The van der Waals surface area contributed by atoms with Crippen LogP contribution >= 0.6 is 11.3 Å². The number of rotatable bonds is 6. The molecule has 2 heterocycles. The van der Waals surface area contributed by atoms with Crippen LogP contribution in [0.1, 0.15) is 14.5 Å². The van der Waals surface area contributed by atoms with Crippen molar-refractivity contribution in [1.82, 2.24) is 14.5 Å². The van der Waals surface area contributed by atoms with Gasteiger partial charge in [-0.05, 0) is 43.3 Å². The largest absolute Gasteiger partial charge is 0.573 e. The molecule has 1 aromatic heterocycles. The zero-order valence-corrected chi connectivity index (χ0v) is 18.5. The van der Waals surface area contributed by atoms with Crippen LogP contribution in [0.15, 0.2) is 41.3 Å². The van der Waals surface area contributed by atoms with Gasteiger partial charge < -0.3 is 15.0 Å². The zero-order valence-electron chi connectivity index (χ0n) is 16.9. The predicted octanol–water partition coefficient (Wildman–Crippen LogP) is 2.22. The van der Waals surface area contributed by atoms with Gasteiger partial charge in [-0.3, -0.25) is 9.59 Å². The van der Waals surface area contributed by atoms with Gasteiger partial charge in [0.1, 0.15) is 5.75 Å². The number of halogens is 3. The fourth-order valence-electron chi connectivity index (χ4n) is 3.05. The lowest BCUT2D eigenvalue weighted by Crippen LogP contribution is -2.52. The second-order valence-corrected chi connectivity index (χ2v) is 10.1. The summed E-state index contributed by atoms with van der Waals surface area (Å²) in [6.45, 7) is 1.95. The Kier molecular flexibility index (Phi) is 7.10. The number of nitrogens with one attached hydrogen (secondary N) is 1. The van der Waals surface area contributed by atoms with Crippen molar-refractivity contribution in [2.45, 2.75) is 18.2 Å². The number of thiophene rings is 1. The topological polar surface area (TPSA) is 96.0 Å². The highest BCUT2D eigenvalue weighted by Gasteiger charge is 2.32. The van der Waals surface area contributed by atoms with E-state index in [4.69, 9.17) is 0 Å². The molecule has 13 heteroatoms. The third-order valence-electron chi connectivity index (χ3n) is 4.65. The summed E-state index contributed by atoms with van der Waals surface area (Å²) in [5, 5.41) is 2.55. The van der Waals surface area contributed by atoms with Crippen LogP contribution < -0.4 is 10.1 Å². The number of piperazine rings is 1. The Morgan fingerprint density at radius 3 is 2.22 bits per heavy atom. The molecule has 32 heavy (non-hydrogen) atoms. The molecule has 1 fully saturated rings. The molecule has 1 N–H and O–H groups in total. The SMILES string of the molecule is Cc1ccc(C(=O)NCC(=O)N2CCN(S(=O)(=O)c3ccc(OC(F)(F)F)cc3)CC2)s1. The molecule has 0 saturated carbocycles. The number of carbonyl (C=O) groups excluding carboxylic acids is 2. The Hall–Kier alpha value is -2.64. The molecule has 1 aliphatic heterocycles. The van der Waals surface area contributed by atoms with Crippen LogP contribution in [0.3, 0.4) is 0 Å². The van der Waals surface area contributed by atoms with Crippen molar-refractivity contribution in [3.05, 3.63) is 46.2 Å². The molecule has 0 unspecified atom stereocenters. The van der Waals surface area contributed by atoms with Gasteiger partial charge in [-0.15, -0.1) is 24.5 Å². The second-order valence-electron chi connectivity index (χ2n) is 6.90. The molecule has 8 nitrogen and oxygen atoms in total. The maximum atomic E-state index is 12.7. The molecule has 0 aliphatic carbocycles. The minimum atomic E-state index is -4.87. The summed E-state index contributed by atoms with van der Waals surface area (Å²) in [5.74, 6) is -1.21. The standard InChI is InChI=1S/C19H20F3N3O5S2/c1-13-2-7-16(31-13)18(27)23-12-17(26)24-8-10-25(11-9-24)32(28,29)15-5-3-14(4-6-15)30-19(20,21)22/h2-7H,8-12H2,1H3,(H,23,27). The van der Waals surface area contributed by atoms with E-state index in [1.54, 1.807) is 12.1 Å². The highest BCUT2D eigenvalue weighted by Crippen LogP contribution is 2.25. The van der Waals surface area contributed by atoms with E-state index in [1.165, 1.54) is 16.2 Å². The molecule has 0 atom stereocenters. The first kappa shape index (κ1) is 24.0. The Morgan fingerprint density at radius 2 is 1.69 bits per heavy atom. The number of sulfonamides is 1. The Labute approximate surface area is 186 Å². The lowest BCUT2D eigenvalue weighted by atomic mass is 10.3. The number of amides is 2. The number of carbonyl (C=O) groups is 2. The lowest BCUT2D eigenvalue weighted by Gasteiger charge is -2.34. The van der Waals surface area contributed by atoms with Crippen LogP contribution in [0.2, 0.25) is 0 Å². The Balaban J connectivity index is 1.52. The molecule has 1 aliphatic rings. The molecule has 1 aromatic carbocycles. The van der Waals surface area contributed by atoms with E-state index in [-0.39, 0.29) is 49.4 Å². The van der Waals surface area contributed by atoms with Crippen molar-refractivity contribution < 1.29 is 35.9 Å². The van der Waals surface area contributed by atoms with E-state index >= 15 is 0 Å². The number of benzene rings is 1. The van der Waals surface area contributed by atoms with Gasteiger partial charge in [0, 0.05) is 31.1 Å². The van der Waals surface area contributed by atoms with Crippen molar-refractivity contribution in [2.75, 3.05) is 32.7 Å². The van der Waals surface area contributed by atoms with Gasteiger partial charge in [-0.1, -0.05) is 0 Å². The fourth-order valence-corrected chi connectivity index (χ4v) is 5.26. The number of nitrogens with zero attached hydrogens (tertiary/aromatic N) is 2. The number of ether oxygens (including phenoxy) is 1. The summed E-state index contributed by atoms with van der Waals surface area (Å²) in [5.41, 5.74) is 0. The molecular formula is C19H20F3N3O5S2. The van der Waals surface area contributed by atoms with E-state index in [1.807, 2.05) is 6.92 Å². The summed E-state index contributed by atoms with van der Waals surface area (Å²) in [4.78, 5) is 27.2. The fraction of sp³-hybridized carbons (Fsp3) is 0.368. The van der Waals surface area contributed by atoms with E-state index in [9.17, 15) is 31.2 Å². The first-order valence-electron chi connectivity index (χ1n) is 9.44. The average molecular weight is 492 g/mol. The summed E-state index contributed by atoms with van der Waals surface area (Å²) in [6, 6.07) is 7.41.